The standard InChI is InChI=1S/C14H9NO5S.Na.H/c15-20-21(18,19)8-5-6-11-12(7-8)14(17)10-4-2-1-3-9(10)13(11)16;;/h1-7H,15H2;;/q;+1;-1. The molecule has 0 saturated carbocycles. The normalized spacial score (nSPS) is 13.1. The monoisotopic (exact) mass is 327 g/mol. The summed E-state index contributed by atoms with van der Waals surface area (Å²) in [6.07, 6.45) is 0. The predicted octanol–water partition coefficient (Wildman–Crippen LogP) is -1.84. The van der Waals surface area contributed by atoms with Gasteiger partial charge in [-0.2, -0.15) is 18.6 Å². The first kappa shape index (κ1) is 17.0. The largest absolute Gasteiger partial charge is 1.00 e. The third-order valence-electron chi connectivity index (χ3n) is 3.31. The van der Waals surface area contributed by atoms with E-state index < -0.39 is 15.9 Å². The third kappa shape index (κ3) is 2.56. The Morgan fingerprint density at radius 3 is 1.91 bits per heavy atom. The van der Waals surface area contributed by atoms with Gasteiger partial charge in [-0.25, -0.2) is 0 Å². The van der Waals surface area contributed by atoms with Gasteiger partial charge in [-0.15, -0.1) is 0 Å². The summed E-state index contributed by atoms with van der Waals surface area (Å²) in [6.45, 7) is 0. The summed E-state index contributed by atoms with van der Waals surface area (Å²) in [6, 6.07) is 9.96. The Balaban J connectivity index is 0.00000132. The molecule has 0 heterocycles. The zero-order valence-electron chi connectivity index (χ0n) is 12.6. The molecule has 0 bridgehead atoms. The van der Waals surface area contributed by atoms with Crippen LogP contribution in [0.5, 0.6) is 0 Å². The zero-order valence-corrected chi connectivity index (χ0v) is 14.4. The number of hydrogen-bond donors (Lipinski definition) is 1. The molecule has 22 heavy (non-hydrogen) atoms. The fourth-order valence-corrected chi connectivity index (χ4v) is 2.90. The maximum absolute atomic E-state index is 12.4. The van der Waals surface area contributed by atoms with Crippen molar-refractivity contribution in [1.82, 2.24) is 0 Å². The van der Waals surface area contributed by atoms with E-state index in [1.54, 1.807) is 18.2 Å². The molecular weight excluding hydrogens is 317 g/mol. The van der Waals surface area contributed by atoms with Crippen molar-refractivity contribution in [3.8, 4) is 0 Å². The number of ketones is 2. The second-order valence-corrected chi connectivity index (χ2v) is 6.03. The number of rotatable bonds is 2. The summed E-state index contributed by atoms with van der Waals surface area (Å²) < 4.78 is 27.1. The molecule has 0 aliphatic heterocycles. The van der Waals surface area contributed by atoms with Crippen LogP contribution in [0.3, 0.4) is 0 Å². The molecule has 0 atom stereocenters. The first-order valence-electron chi connectivity index (χ1n) is 5.91. The molecule has 2 aromatic carbocycles. The van der Waals surface area contributed by atoms with E-state index in [-0.39, 0.29) is 58.4 Å². The van der Waals surface area contributed by atoms with E-state index in [0.29, 0.717) is 5.56 Å². The van der Waals surface area contributed by atoms with Crippen molar-refractivity contribution in [3.63, 3.8) is 0 Å². The van der Waals surface area contributed by atoms with Crippen molar-refractivity contribution in [2.24, 2.45) is 5.90 Å². The van der Waals surface area contributed by atoms with Crippen molar-refractivity contribution in [1.29, 1.82) is 0 Å². The van der Waals surface area contributed by atoms with Crippen molar-refractivity contribution >= 4 is 21.7 Å². The minimum atomic E-state index is -4.14. The molecular formula is C14H10NNaO5S. The molecule has 8 heteroatoms. The summed E-state index contributed by atoms with van der Waals surface area (Å²) >= 11 is 0. The molecule has 0 aromatic heterocycles. The Morgan fingerprint density at radius 2 is 1.36 bits per heavy atom. The van der Waals surface area contributed by atoms with Crippen LogP contribution < -0.4 is 35.5 Å². The van der Waals surface area contributed by atoms with E-state index in [1.165, 1.54) is 18.2 Å². The maximum atomic E-state index is 12.4. The van der Waals surface area contributed by atoms with Crippen LogP contribution in [-0.2, 0) is 14.4 Å². The van der Waals surface area contributed by atoms with E-state index in [4.69, 9.17) is 5.90 Å². The molecule has 1 aliphatic rings. The molecule has 2 N–H and O–H groups in total. The van der Waals surface area contributed by atoms with Crippen LogP contribution in [0, 0.1) is 0 Å². The second kappa shape index (κ2) is 6.04. The molecule has 0 unspecified atom stereocenters. The SMILES string of the molecule is NOS(=O)(=O)c1ccc2c(c1)C(=O)c1ccccc1C2=O.[H-].[Na+]. The molecule has 0 amide bonds. The van der Waals surface area contributed by atoms with Gasteiger partial charge in [0.15, 0.2) is 11.6 Å². The molecule has 108 valence electrons. The minimum Gasteiger partial charge on any atom is -1.00 e. The Bertz CT molecular complexity index is 898. The summed E-state index contributed by atoms with van der Waals surface area (Å²) in [5, 5.41) is 0. The Morgan fingerprint density at radius 1 is 0.864 bits per heavy atom. The fourth-order valence-electron chi connectivity index (χ4n) is 2.29. The van der Waals surface area contributed by atoms with Crippen molar-refractivity contribution < 1.29 is 53.3 Å². The number of fused-ring (bicyclic) bond motifs is 2. The average molecular weight is 327 g/mol. The topological polar surface area (TPSA) is 104 Å². The number of carbonyl (C=O) groups is 2. The predicted molar refractivity (Wildman–Crippen MR) is 73.3 cm³/mol. The summed E-state index contributed by atoms with van der Waals surface area (Å²) in [5.74, 6) is 3.98. The molecule has 6 nitrogen and oxygen atoms in total. The number of nitrogens with two attached hydrogens (primary N) is 1. The van der Waals surface area contributed by atoms with Gasteiger partial charge in [-0.1, -0.05) is 24.3 Å². The van der Waals surface area contributed by atoms with E-state index in [1.807, 2.05) is 0 Å². The van der Waals surface area contributed by atoms with Crippen molar-refractivity contribution in [2.45, 2.75) is 4.90 Å². The maximum Gasteiger partial charge on any atom is 1.00 e. The quantitative estimate of drug-likeness (QED) is 0.438. The van der Waals surface area contributed by atoms with Gasteiger partial charge in [0.2, 0.25) is 0 Å². The molecule has 0 radical (unpaired) electrons. The molecule has 1 aliphatic carbocycles. The van der Waals surface area contributed by atoms with E-state index in [2.05, 4.69) is 4.28 Å². The van der Waals surface area contributed by atoms with Gasteiger partial charge in [-0.3, -0.25) is 9.59 Å². The van der Waals surface area contributed by atoms with E-state index >= 15 is 0 Å². The summed E-state index contributed by atoms with van der Waals surface area (Å²) in [4.78, 5) is 24.5. The molecule has 2 aromatic rings. The molecule has 0 saturated heterocycles. The van der Waals surface area contributed by atoms with E-state index in [0.717, 1.165) is 6.07 Å². The van der Waals surface area contributed by atoms with Crippen LogP contribution in [-0.4, -0.2) is 20.0 Å². The van der Waals surface area contributed by atoms with Gasteiger partial charge >= 0.3 is 39.7 Å². The number of hydrogen-bond acceptors (Lipinski definition) is 6. The zero-order chi connectivity index (χ0) is 15.2. The Kier molecular flexibility index (Phi) is 4.67. The first-order chi connectivity index (χ1) is 9.95. The van der Waals surface area contributed by atoms with Gasteiger partial charge in [0.25, 0.3) is 0 Å². The van der Waals surface area contributed by atoms with Gasteiger partial charge in [0.1, 0.15) is 0 Å². The first-order valence-corrected chi connectivity index (χ1v) is 7.32. The Hall–Kier alpha value is -1.35. The van der Waals surface area contributed by atoms with Crippen molar-refractivity contribution in [3.05, 3.63) is 64.7 Å². The van der Waals surface area contributed by atoms with Gasteiger partial charge < -0.3 is 1.43 Å². The van der Waals surface area contributed by atoms with E-state index in [9.17, 15) is 18.0 Å². The van der Waals surface area contributed by atoms with Crippen LogP contribution in [0.2, 0.25) is 0 Å². The molecule has 0 fully saturated rings. The van der Waals surface area contributed by atoms with Crippen LogP contribution in [0.15, 0.2) is 47.4 Å². The number of carbonyl (C=O) groups excluding carboxylic acids is 2. The van der Waals surface area contributed by atoms with Crippen LogP contribution in [0.4, 0.5) is 0 Å². The number of benzene rings is 2. The van der Waals surface area contributed by atoms with Crippen molar-refractivity contribution in [2.75, 3.05) is 0 Å². The summed E-state index contributed by atoms with van der Waals surface area (Å²) in [5.41, 5.74) is 0.741. The van der Waals surface area contributed by atoms with Crippen LogP contribution in [0.1, 0.15) is 33.3 Å². The minimum absolute atomic E-state index is 0. The van der Waals surface area contributed by atoms with Gasteiger partial charge in [0.05, 0.1) is 4.90 Å². The van der Waals surface area contributed by atoms with Gasteiger partial charge in [-0.05, 0) is 18.2 Å². The molecule has 0 spiro atoms. The second-order valence-electron chi connectivity index (χ2n) is 4.46. The Labute approximate surface area is 150 Å². The summed E-state index contributed by atoms with van der Waals surface area (Å²) in [7, 11) is -4.14. The average Bonchev–Trinajstić information content (AvgIpc) is 2.52. The van der Waals surface area contributed by atoms with Crippen LogP contribution in [0.25, 0.3) is 0 Å². The van der Waals surface area contributed by atoms with Gasteiger partial charge in [0, 0.05) is 22.3 Å². The molecule has 3 rings (SSSR count). The smallest absolute Gasteiger partial charge is 1.00 e. The third-order valence-corrected chi connectivity index (χ3v) is 4.40. The fraction of sp³-hybridized carbons (Fsp3) is 0. The van der Waals surface area contributed by atoms with Crippen LogP contribution >= 0.6 is 0 Å².